The lowest BCUT2D eigenvalue weighted by Gasteiger charge is -2.43. The van der Waals surface area contributed by atoms with Crippen molar-refractivity contribution in [1.82, 2.24) is 25.1 Å². The van der Waals surface area contributed by atoms with E-state index >= 15 is 0 Å². The zero-order valence-corrected chi connectivity index (χ0v) is 17.6. The first-order chi connectivity index (χ1) is 13.6. The van der Waals surface area contributed by atoms with E-state index in [1.807, 2.05) is 7.05 Å². The molecule has 8 heteroatoms. The molecule has 3 fully saturated rings. The lowest BCUT2D eigenvalue weighted by atomic mass is 9.95. The number of methoxy groups -OCH3 is 1. The Balaban J connectivity index is 1.37. The number of hydrazine groups is 1. The molecular weight excluding hydrogens is 358 g/mol. The van der Waals surface area contributed by atoms with Gasteiger partial charge in [0, 0.05) is 64.8 Å². The standard InChI is InChI=1S/C20H37N5O3/c1-22(10-7-19(26)28-2)25-11-5-17(6-12-25)20(27)24-15-13-23(14-16-24)18-3-8-21-9-4-18/h17-18,21H,3-16H2,1-2H3. The molecule has 0 saturated carbocycles. The summed E-state index contributed by atoms with van der Waals surface area (Å²) in [6.07, 6.45) is 4.66. The molecule has 8 nitrogen and oxygen atoms in total. The van der Waals surface area contributed by atoms with Gasteiger partial charge in [-0.2, -0.15) is 0 Å². The topological polar surface area (TPSA) is 68.4 Å². The minimum absolute atomic E-state index is 0.149. The van der Waals surface area contributed by atoms with Crippen molar-refractivity contribution in [3.63, 3.8) is 0 Å². The molecule has 28 heavy (non-hydrogen) atoms. The zero-order chi connectivity index (χ0) is 19.9. The molecule has 0 aromatic rings. The van der Waals surface area contributed by atoms with E-state index in [1.54, 1.807) is 0 Å². The Morgan fingerprint density at radius 1 is 1.00 bits per heavy atom. The highest BCUT2D eigenvalue weighted by Crippen LogP contribution is 2.22. The van der Waals surface area contributed by atoms with Crippen LogP contribution in [0, 0.1) is 5.92 Å². The maximum absolute atomic E-state index is 13.0. The van der Waals surface area contributed by atoms with Gasteiger partial charge in [0.15, 0.2) is 0 Å². The number of esters is 1. The van der Waals surface area contributed by atoms with Gasteiger partial charge >= 0.3 is 5.97 Å². The summed E-state index contributed by atoms with van der Waals surface area (Å²) in [5, 5.41) is 7.77. The molecule has 0 unspecified atom stereocenters. The van der Waals surface area contributed by atoms with Crippen LogP contribution in [0.15, 0.2) is 0 Å². The van der Waals surface area contributed by atoms with Gasteiger partial charge in [-0.3, -0.25) is 14.5 Å². The maximum Gasteiger partial charge on any atom is 0.306 e. The van der Waals surface area contributed by atoms with Gasteiger partial charge in [-0.05, 0) is 38.8 Å². The van der Waals surface area contributed by atoms with Crippen LogP contribution in [0.4, 0.5) is 0 Å². The van der Waals surface area contributed by atoms with Crippen molar-refractivity contribution in [3.8, 4) is 0 Å². The smallest absolute Gasteiger partial charge is 0.306 e. The molecule has 3 aliphatic rings. The molecule has 0 bridgehead atoms. The number of hydrogen-bond donors (Lipinski definition) is 1. The molecule has 3 saturated heterocycles. The number of carbonyl (C=O) groups is 2. The number of carbonyl (C=O) groups excluding carboxylic acids is 2. The van der Waals surface area contributed by atoms with E-state index in [1.165, 1.54) is 20.0 Å². The van der Waals surface area contributed by atoms with Crippen LogP contribution in [-0.4, -0.2) is 111 Å². The van der Waals surface area contributed by atoms with Crippen LogP contribution in [0.5, 0.6) is 0 Å². The highest BCUT2D eigenvalue weighted by Gasteiger charge is 2.32. The Morgan fingerprint density at radius 2 is 1.64 bits per heavy atom. The molecule has 1 amide bonds. The van der Waals surface area contributed by atoms with Gasteiger partial charge in [-0.25, -0.2) is 10.0 Å². The van der Waals surface area contributed by atoms with Crippen LogP contribution >= 0.6 is 0 Å². The van der Waals surface area contributed by atoms with Crippen LogP contribution in [0.25, 0.3) is 0 Å². The van der Waals surface area contributed by atoms with E-state index in [2.05, 4.69) is 25.1 Å². The maximum atomic E-state index is 13.0. The minimum Gasteiger partial charge on any atom is -0.469 e. The van der Waals surface area contributed by atoms with Crippen molar-refractivity contribution < 1.29 is 14.3 Å². The monoisotopic (exact) mass is 395 g/mol. The predicted molar refractivity (Wildman–Crippen MR) is 108 cm³/mol. The number of piperazine rings is 1. The quantitative estimate of drug-likeness (QED) is 0.635. The first-order valence-corrected chi connectivity index (χ1v) is 10.8. The van der Waals surface area contributed by atoms with Crippen molar-refractivity contribution >= 4 is 11.9 Å². The highest BCUT2D eigenvalue weighted by molar-refractivity contribution is 5.79. The normalized spacial score (nSPS) is 23.9. The highest BCUT2D eigenvalue weighted by atomic mass is 16.5. The molecule has 0 aromatic heterocycles. The molecule has 3 rings (SSSR count). The van der Waals surface area contributed by atoms with E-state index in [-0.39, 0.29) is 11.9 Å². The molecule has 0 atom stereocenters. The Kier molecular flexibility index (Phi) is 8.08. The third-order valence-corrected chi connectivity index (χ3v) is 6.62. The second-order valence-corrected chi connectivity index (χ2v) is 8.28. The van der Waals surface area contributed by atoms with Gasteiger partial charge < -0.3 is 15.0 Å². The van der Waals surface area contributed by atoms with E-state index in [9.17, 15) is 9.59 Å². The molecule has 3 aliphatic heterocycles. The fourth-order valence-corrected chi connectivity index (χ4v) is 4.69. The van der Waals surface area contributed by atoms with Crippen LogP contribution in [0.1, 0.15) is 32.1 Å². The summed E-state index contributed by atoms with van der Waals surface area (Å²) in [7, 11) is 3.43. The summed E-state index contributed by atoms with van der Waals surface area (Å²) in [4.78, 5) is 29.0. The lowest BCUT2D eigenvalue weighted by Crippen LogP contribution is -2.55. The lowest BCUT2D eigenvalue weighted by molar-refractivity contribution is -0.143. The number of ether oxygens (including phenoxy) is 1. The van der Waals surface area contributed by atoms with Crippen LogP contribution in [0.2, 0.25) is 0 Å². The summed E-state index contributed by atoms with van der Waals surface area (Å²) in [5.41, 5.74) is 0. The predicted octanol–water partition coefficient (Wildman–Crippen LogP) is 0.00450. The average molecular weight is 396 g/mol. The second kappa shape index (κ2) is 10.5. The molecule has 0 aliphatic carbocycles. The number of nitrogens with one attached hydrogen (secondary N) is 1. The summed E-state index contributed by atoms with van der Waals surface area (Å²) < 4.78 is 4.71. The van der Waals surface area contributed by atoms with Crippen LogP contribution in [-0.2, 0) is 14.3 Å². The molecular formula is C20H37N5O3. The summed E-state index contributed by atoms with van der Waals surface area (Å²) >= 11 is 0. The van der Waals surface area contributed by atoms with Crippen LogP contribution < -0.4 is 5.32 Å². The molecule has 0 spiro atoms. The number of nitrogens with zero attached hydrogens (tertiary/aromatic N) is 4. The van der Waals surface area contributed by atoms with Gasteiger partial charge in [0.2, 0.25) is 5.91 Å². The second-order valence-electron chi connectivity index (χ2n) is 8.28. The third kappa shape index (κ3) is 5.65. The molecule has 0 radical (unpaired) electrons. The number of piperidine rings is 2. The zero-order valence-electron chi connectivity index (χ0n) is 17.6. The number of amides is 1. The minimum atomic E-state index is -0.180. The van der Waals surface area contributed by atoms with E-state index in [4.69, 9.17) is 4.74 Å². The Bertz CT molecular complexity index is 510. The number of rotatable bonds is 6. The SMILES string of the molecule is COC(=O)CCN(C)N1CCC(C(=O)N2CCN(C3CCNCC3)CC2)CC1. The van der Waals surface area contributed by atoms with Gasteiger partial charge in [0.05, 0.1) is 13.5 Å². The molecule has 160 valence electrons. The van der Waals surface area contributed by atoms with Gasteiger partial charge in [-0.1, -0.05) is 0 Å². The van der Waals surface area contributed by atoms with Crippen LogP contribution in [0.3, 0.4) is 0 Å². The van der Waals surface area contributed by atoms with Gasteiger partial charge in [0.1, 0.15) is 0 Å². The molecule has 3 heterocycles. The summed E-state index contributed by atoms with van der Waals surface area (Å²) in [5.74, 6) is 0.318. The Hall–Kier alpha value is -1.22. The van der Waals surface area contributed by atoms with Gasteiger partial charge in [0.25, 0.3) is 0 Å². The van der Waals surface area contributed by atoms with E-state index < -0.39 is 0 Å². The first-order valence-electron chi connectivity index (χ1n) is 10.8. The fraction of sp³-hybridized carbons (Fsp3) is 0.900. The van der Waals surface area contributed by atoms with E-state index in [0.29, 0.717) is 24.9 Å². The number of hydrogen-bond acceptors (Lipinski definition) is 7. The summed E-state index contributed by atoms with van der Waals surface area (Å²) in [6.45, 7) is 8.45. The van der Waals surface area contributed by atoms with Crippen molar-refractivity contribution in [1.29, 1.82) is 0 Å². The third-order valence-electron chi connectivity index (χ3n) is 6.62. The van der Waals surface area contributed by atoms with Crippen molar-refractivity contribution in [2.75, 3.05) is 73.1 Å². The van der Waals surface area contributed by atoms with E-state index in [0.717, 1.165) is 65.2 Å². The fourth-order valence-electron chi connectivity index (χ4n) is 4.69. The average Bonchev–Trinajstić information content (AvgIpc) is 2.77. The molecule has 0 aromatic carbocycles. The Labute approximate surface area is 169 Å². The first kappa shape index (κ1) is 21.5. The van der Waals surface area contributed by atoms with Crippen molar-refractivity contribution in [2.24, 2.45) is 5.92 Å². The largest absolute Gasteiger partial charge is 0.469 e. The molecule has 1 N–H and O–H groups in total. The van der Waals surface area contributed by atoms with Crippen molar-refractivity contribution in [3.05, 3.63) is 0 Å². The van der Waals surface area contributed by atoms with Crippen molar-refractivity contribution in [2.45, 2.75) is 38.1 Å². The summed E-state index contributed by atoms with van der Waals surface area (Å²) in [6, 6.07) is 0.697. The Morgan fingerprint density at radius 3 is 2.25 bits per heavy atom. The van der Waals surface area contributed by atoms with Gasteiger partial charge in [-0.15, -0.1) is 0 Å².